The summed E-state index contributed by atoms with van der Waals surface area (Å²) in [4.78, 5) is 7.17. The third-order valence-electron chi connectivity index (χ3n) is 4.40. The molecule has 2 N–H and O–H groups in total. The summed E-state index contributed by atoms with van der Waals surface area (Å²) in [6.45, 7) is 5.89. The normalized spacial score (nSPS) is 24.4. The molecule has 1 aromatic heterocycles. The van der Waals surface area contributed by atoms with Gasteiger partial charge in [0, 0.05) is 19.1 Å². The fourth-order valence-electron chi connectivity index (χ4n) is 3.08. The highest BCUT2D eigenvalue weighted by Gasteiger charge is 2.23. The van der Waals surface area contributed by atoms with E-state index in [0.29, 0.717) is 6.04 Å². The Balaban J connectivity index is 1.68. The molecule has 2 aliphatic rings. The molecular weight excluding hydrogens is 250 g/mol. The van der Waals surface area contributed by atoms with Gasteiger partial charge in [-0.15, -0.1) is 0 Å². The molecule has 1 unspecified atom stereocenters. The number of morpholine rings is 1. The van der Waals surface area contributed by atoms with Crippen molar-refractivity contribution in [3.63, 3.8) is 0 Å². The van der Waals surface area contributed by atoms with Gasteiger partial charge < -0.3 is 10.5 Å². The van der Waals surface area contributed by atoms with Gasteiger partial charge in [0.2, 0.25) is 0 Å². The van der Waals surface area contributed by atoms with Gasteiger partial charge in [-0.05, 0) is 43.9 Å². The van der Waals surface area contributed by atoms with Gasteiger partial charge in [-0.1, -0.05) is 6.08 Å². The zero-order valence-electron chi connectivity index (χ0n) is 12.1. The quantitative estimate of drug-likeness (QED) is 0.898. The zero-order valence-corrected chi connectivity index (χ0v) is 12.1. The van der Waals surface area contributed by atoms with Gasteiger partial charge in [0.25, 0.3) is 0 Å². The summed E-state index contributed by atoms with van der Waals surface area (Å²) in [5.74, 6) is 0. The second kappa shape index (κ2) is 5.94. The molecule has 4 heteroatoms. The molecule has 1 aliphatic heterocycles. The predicted octanol–water partition coefficient (Wildman–Crippen LogP) is 2.24. The van der Waals surface area contributed by atoms with Crippen molar-refractivity contribution < 1.29 is 4.74 Å². The Morgan fingerprint density at radius 3 is 2.75 bits per heavy atom. The number of allylic oxidation sites excluding steroid dienone is 1. The Morgan fingerprint density at radius 2 is 2.10 bits per heavy atom. The van der Waals surface area contributed by atoms with Crippen molar-refractivity contribution >= 4 is 11.3 Å². The van der Waals surface area contributed by atoms with Crippen LogP contribution >= 0.6 is 0 Å². The van der Waals surface area contributed by atoms with Gasteiger partial charge in [0.1, 0.15) is 0 Å². The fraction of sp³-hybridized carbons (Fsp3) is 0.562. The lowest BCUT2D eigenvalue weighted by Crippen LogP contribution is -2.43. The number of hydrogen-bond acceptors (Lipinski definition) is 4. The first kappa shape index (κ1) is 13.6. The minimum absolute atomic E-state index is 0.678. The fourth-order valence-corrected chi connectivity index (χ4v) is 3.08. The third kappa shape index (κ3) is 2.86. The molecule has 20 heavy (non-hydrogen) atoms. The van der Waals surface area contributed by atoms with Crippen LogP contribution in [0.2, 0.25) is 0 Å². The average Bonchev–Trinajstić information content (AvgIpc) is 2.51. The highest BCUT2D eigenvalue weighted by molar-refractivity contribution is 5.65. The summed E-state index contributed by atoms with van der Waals surface area (Å²) in [6.07, 6.45) is 5.82. The maximum atomic E-state index is 5.84. The third-order valence-corrected chi connectivity index (χ3v) is 4.40. The van der Waals surface area contributed by atoms with Gasteiger partial charge in [-0.2, -0.15) is 0 Å². The molecule has 0 spiro atoms. The SMILES string of the molecule is Cc1nc(C2=CCC(N3CCOCC3)CC2)ccc1N. The Kier molecular flexibility index (Phi) is 4.03. The second-order valence-corrected chi connectivity index (χ2v) is 5.68. The number of aryl methyl sites for hydroxylation is 1. The van der Waals surface area contributed by atoms with Gasteiger partial charge in [0.15, 0.2) is 0 Å². The van der Waals surface area contributed by atoms with Crippen molar-refractivity contribution in [3.05, 3.63) is 29.6 Å². The van der Waals surface area contributed by atoms with Crippen molar-refractivity contribution in [2.45, 2.75) is 32.2 Å². The number of aromatic nitrogens is 1. The van der Waals surface area contributed by atoms with E-state index in [0.717, 1.165) is 56.2 Å². The molecule has 108 valence electrons. The molecule has 1 aromatic rings. The van der Waals surface area contributed by atoms with Crippen LogP contribution < -0.4 is 5.73 Å². The monoisotopic (exact) mass is 273 g/mol. The van der Waals surface area contributed by atoms with Crippen LogP contribution in [0, 0.1) is 6.92 Å². The van der Waals surface area contributed by atoms with Gasteiger partial charge in [0.05, 0.1) is 30.3 Å². The second-order valence-electron chi connectivity index (χ2n) is 5.68. The van der Waals surface area contributed by atoms with Crippen LogP contribution in [0.15, 0.2) is 18.2 Å². The molecule has 0 radical (unpaired) electrons. The van der Waals surface area contributed by atoms with Gasteiger partial charge in [-0.25, -0.2) is 0 Å². The molecule has 3 rings (SSSR count). The molecule has 2 heterocycles. The standard InChI is InChI=1S/C16H23N3O/c1-12-15(17)6-7-16(18-12)13-2-4-14(5-3-13)19-8-10-20-11-9-19/h2,6-7,14H,3-5,8-11,17H2,1H3. The predicted molar refractivity (Wildman–Crippen MR) is 81.4 cm³/mol. The van der Waals surface area contributed by atoms with E-state index in [1.54, 1.807) is 0 Å². The van der Waals surface area contributed by atoms with Gasteiger partial charge in [-0.3, -0.25) is 9.88 Å². The minimum Gasteiger partial charge on any atom is -0.397 e. The Labute approximate surface area is 120 Å². The molecule has 1 aliphatic carbocycles. The van der Waals surface area contributed by atoms with Crippen molar-refractivity contribution in [1.29, 1.82) is 0 Å². The smallest absolute Gasteiger partial charge is 0.0663 e. The van der Waals surface area contributed by atoms with Crippen LogP contribution in [-0.4, -0.2) is 42.2 Å². The lowest BCUT2D eigenvalue weighted by atomic mass is 9.91. The molecule has 1 fully saturated rings. The number of nitrogen functional groups attached to an aromatic ring is 1. The number of nitrogens with two attached hydrogens (primary N) is 1. The first-order valence-electron chi connectivity index (χ1n) is 7.48. The van der Waals surface area contributed by atoms with Crippen molar-refractivity contribution in [1.82, 2.24) is 9.88 Å². The lowest BCUT2D eigenvalue weighted by Gasteiger charge is -2.36. The number of ether oxygens (including phenoxy) is 1. The maximum absolute atomic E-state index is 5.84. The largest absolute Gasteiger partial charge is 0.397 e. The van der Waals surface area contributed by atoms with E-state index in [1.807, 2.05) is 19.1 Å². The summed E-state index contributed by atoms with van der Waals surface area (Å²) in [5, 5.41) is 0. The molecule has 4 nitrogen and oxygen atoms in total. The topological polar surface area (TPSA) is 51.4 Å². The Hall–Kier alpha value is -1.39. The van der Waals surface area contributed by atoms with Crippen LogP contribution in [-0.2, 0) is 4.74 Å². The molecular formula is C16H23N3O. The highest BCUT2D eigenvalue weighted by Crippen LogP contribution is 2.29. The summed E-state index contributed by atoms with van der Waals surface area (Å²) in [5.41, 5.74) is 10.0. The van der Waals surface area contributed by atoms with E-state index in [9.17, 15) is 0 Å². The van der Waals surface area contributed by atoms with E-state index in [-0.39, 0.29) is 0 Å². The van der Waals surface area contributed by atoms with E-state index in [4.69, 9.17) is 10.5 Å². The summed E-state index contributed by atoms with van der Waals surface area (Å²) in [7, 11) is 0. The van der Waals surface area contributed by atoms with E-state index in [1.165, 1.54) is 12.0 Å². The van der Waals surface area contributed by atoms with E-state index in [2.05, 4.69) is 16.0 Å². The molecule has 0 bridgehead atoms. The molecule has 1 saturated heterocycles. The van der Waals surface area contributed by atoms with Crippen LogP contribution in [0.25, 0.3) is 5.57 Å². The first-order chi connectivity index (χ1) is 9.74. The number of anilines is 1. The van der Waals surface area contributed by atoms with Crippen LogP contribution in [0.3, 0.4) is 0 Å². The van der Waals surface area contributed by atoms with Crippen molar-refractivity contribution in [3.8, 4) is 0 Å². The number of hydrogen-bond donors (Lipinski definition) is 1. The summed E-state index contributed by atoms with van der Waals surface area (Å²) >= 11 is 0. The number of nitrogens with zero attached hydrogens (tertiary/aromatic N) is 2. The molecule has 0 aromatic carbocycles. The van der Waals surface area contributed by atoms with Crippen LogP contribution in [0.5, 0.6) is 0 Å². The Bertz CT molecular complexity index is 506. The number of pyridine rings is 1. The molecule has 0 amide bonds. The zero-order chi connectivity index (χ0) is 13.9. The van der Waals surface area contributed by atoms with Crippen LogP contribution in [0.1, 0.15) is 30.7 Å². The maximum Gasteiger partial charge on any atom is 0.0663 e. The van der Waals surface area contributed by atoms with Crippen molar-refractivity contribution in [2.75, 3.05) is 32.0 Å². The first-order valence-corrected chi connectivity index (χ1v) is 7.48. The number of rotatable bonds is 2. The molecule has 0 saturated carbocycles. The average molecular weight is 273 g/mol. The van der Waals surface area contributed by atoms with Crippen molar-refractivity contribution in [2.24, 2.45) is 0 Å². The summed E-state index contributed by atoms with van der Waals surface area (Å²) in [6, 6.07) is 4.69. The lowest BCUT2D eigenvalue weighted by molar-refractivity contribution is 0.0150. The molecule has 1 atom stereocenters. The Morgan fingerprint density at radius 1 is 1.30 bits per heavy atom. The van der Waals surface area contributed by atoms with E-state index < -0.39 is 0 Å². The van der Waals surface area contributed by atoms with Crippen LogP contribution in [0.4, 0.5) is 5.69 Å². The summed E-state index contributed by atoms with van der Waals surface area (Å²) < 4.78 is 5.43. The minimum atomic E-state index is 0.678. The van der Waals surface area contributed by atoms with E-state index >= 15 is 0 Å². The highest BCUT2D eigenvalue weighted by atomic mass is 16.5. The van der Waals surface area contributed by atoms with Gasteiger partial charge >= 0.3 is 0 Å².